The molecule has 0 amide bonds. The molecule has 0 aliphatic carbocycles. The number of hydrogen-bond acceptors (Lipinski definition) is 1. The maximum Gasteiger partial charge on any atom is 0.0473 e. The van der Waals surface area contributed by atoms with E-state index in [1.165, 1.54) is 0 Å². The first-order valence-electron chi connectivity index (χ1n) is 18.7. The standard InChI is InChI=1S/C54H41N/c1-41(34-48(43-22-10-3-11-23-43)33-32-42-20-8-2-9-21-42)55(53-37-49(44-24-12-4-13-25-44)35-50(38-53)45-26-14-5-15-27-45)54-39-51(46-28-16-6-17-29-46)36-52(40-54)47-30-18-7-19-31-47/h2-40H,1H2/b33-32+,48-34+. The maximum absolute atomic E-state index is 4.85. The summed E-state index contributed by atoms with van der Waals surface area (Å²) in [5.74, 6) is 0. The molecule has 0 aliphatic rings. The van der Waals surface area contributed by atoms with Gasteiger partial charge in [0.25, 0.3) is 0 Å². The van der Waals surface area contributed by atoms with Crippen LogP contribution in [0.1, 0.15) is 11.1 Å². The summed E-state index contributed by atoms with van der Waals surface area (Å²) in [7, 11) is 0. The van der Waals surface area contributed by atoms with Crippen molar-refractivity contribution < 1.29 is 0 Å². The molecule has 8 rings (SSSR count). The number of benzene rings is 8. The summed E-state index contributed by atoms with van der Waals surface area (Å²) in [6, 6.07) is 77.3. The molecule has 0 unspecified atom stereocenters. The van der Waals surface area contributed by atoms with Crippen LogP contribution in [0.2, 0.25) is 0 Å². The van der Waals surface area contributed by atoms with E-state index in [1.807, 2.05) is 6.07 Å². The van der Waals surface area contributed by atoms with Gasteiger partial charge in [0.05, 0.1) is 0 Å². The minimum atomic E-state index is 0.838. The average Bonchev–Trinajstić information content (AvgIpc) is 3.27. The summed E-state index contributed by atoms with van der Waals surface area (Å²) >= 11 is 0. The van der Waals surface area contributed by atoms with Crippen molar-refractivity contribution in [3.8, 4) is 44.5 Å². The summed E-state index contributed by atoms with van der Waals surface area (Å²) in [5.41, 5.74) is 15.3. The van der Waals surface area contributed by atoms with Crippen LogP contribution in [0.5, 0.6) is 0 Å². The zero-order valence-electron chi connectivity index (χ0n) is 30.7. The summed E-state index contributed by atoms with van der Waals surface area (Å²) in [6.07, 6.45) is 6.58. The third-order valence-corrected chi connectivity index (χ3v) is 9.75. The van der Waals surface area contributed by atoms with Crippen LogP contribution in [0.15, 0.2) is 243 Å². The second-order valence-corrected chi connectivity index (χ2v) is 13.5. The number of allylic oxidation sites excluding steroid dienone is 3. The van der Waals surface area contributed by atoms with Gasteiger partial charge in [-0.3, -0.25) is 0 Å². The fourth-order valence-corrected chi connectivity index (χ4v) is 7.00. The molecule has 0 spiro atoms. The summed E-state index contributed by atoms with van der Waals surface area (Å²) in [5, 5.41) is 0. The van der Waals surface area contributed by atoms with Crippen LogP contribution in [-0.2, 0) is 0 Å². The molecule has 0 N–H and O–H groups in total. The Morgan fingerprint density at radius 1 is 0.364 bits per heavy atom. The van der Waals surface area contributed by atoms with E-state index in [1.54, 1.807) is 0 Å². The fourth-order valence-electron chi connectivity index (χ4n) is 7.00. The van der Waals surface area contributed by atoms with Crippen LogP contribution in [0.3, 0.4) is 0 Å². The average molecular weight is 704 g/mol. The van der Waals surface area contributed by atoms with Crippen molar-refractivity contribution in [2.75, 3.05) is 4.90 Å². The Hall–Kier alpha value is -7.22. The minimum absolute atomic E-state index is 0.838. The van der Waals surface area contributed by atoms with Gasteiger partial charge in [-0.05, 0) is 104 Å². The van der Waals surface area contributed by atoms with Gasteiger partial charge in [-0.2, -0.15) is 0 Å². The highest BCUT2D eigenvalue weighted by Gasteiger charge is 2.19. The maximum atomic E-state index is 4.85. The molecule has 8 aromatic carbocycles. The van der Waals surface area contributed by atoms with Crippen LogP contribution in [0.4, 0.5) is 11.4 Å². The van der Waals surface area contributed by atoms with Crippen molar-refractivity contribution in [2.45, 2.75) is 0 Å². The lowest BCUT2D eigenvalue weighted by Crippen LogP contribution is -2.15. The smallest absolute Gasteiger partial charge is 0.0473 e. The molecule has 0 heterocycles. The highest BCUT2D eigenvalue weighted by Crippen LogP contribution is 2.41. The summed E-state index contributed by atoms with van der Waals surface area (Å²) in [6.45, 7) is 4.85. The van der Waals surface area contributed by atoms with Gasteiger partial charge < -0.3 is 4.90 Å². The molecule has 1 heteroatoms. The Morgan fingerprint density at radius 3 is 1.05 bits per heavy atom. The molecule has 0 saturated heterocycles. The van der Waals surface area contributed by atoms with Crippen LogP contribution >= 0.6 is 0 Å². The zero-order chi connectivity index (χ0) is 37.2. The van der Waals surface area contributed by atoms with E-state index in [0.29, 0.717) is 0 Å². The van der Waals surface area contributed by atoms with E-state index in [9.17, 15) is 0 Å². The summed E-state index contributed by atoms with van der Waals surface area (Å²) < 4.78 is 0. The van der Waals surface area contributed by atoms with Crippen LogP contribution in [-0.4, -0.2) is 0 Å². The second-order valence-electron chi connectivity index (χ2n) is 13.5. The van der Waals surface area contributed by atoms with Gasteiger partial charge in [-0.1, -0.05) is 201 Å². The van der Waals surface area contributed by atoms with Gasteiger partial charge in [0.15, 0.2) is 0 Å². The van der Waals surface area contributed by atoms with Gasteiger partial charge in [0.1, 0.15) is 0 Å². The molecule has 0 radical (unpaired) electrons. The predicted octanol–water partition coefficient (Wildman–Crippen LogP) is 14.8. The first kappa shape index (κ1) is 34.8. The molecular weight excluding hydrogens is 663 g/mol. The van der Waals surface area contributed by atoms with Crippen molar-refractivity contribution in [3.63, 3.8) is 0 Å². The minimum Gasteiger partial charge on any atom is -0.311 e. The van der Waals surface area contributed by atoms with E-state index in [-0.39, 0.29) is 0 Å². The first-order chi connectivity index (χ1) is 27.2. The predicted molar refractivity (Wildman–Crippen MR) is 236 cm³/mol. The highest BCUT2D eigenvalue weighted by molar-refractivity contribution is 5.88. The molecule has 8 aromatic rings. The Labute approximate surface area is 325 Å². The molecule has 1 nitrogen and oxygen atoms in total. The van der Waals surface area contributed by atoms with Crippen LogP contribution in [0.25, 0.3) is 56.2 Å². The second kappa shape index (κ2) is 16.6. The highest BCUT2D eigenvalue weighted by atomic mass is 15.1. The van der Waals surface area contributed by atoms with Crippen molar-refractivity contribution in [1.29, 1.82) is 0 Å². The van der Waals surface area contributed by atoms with Gasteiger partial charge in [-0.25, -0.2) is 0 Å². The van der Waals surface area contributed by atoms with Crippen molar-refractivity contribution in [3.05, 3.63) is 254 Å². The van der Waals surface area contributed by atoms with Crippen LogP contribution in [0, 0.1) is 0 Å². The topological polar surface area (TPSA) is 3.24 Å². The van der Waals surface area contributed by atoms with E-state index >= 15 is 0 Å². The monoisotopic (exact) mass is 703 g/mol. The van der Waals surface area contributed by atoms with Gasteiger partial charge in [0, 0.05) is 17.1 Å². The Morgan fingerprint density at radius 2 is 0.691 bits per heavy atom. The third-order valence-electron chi connectivity index (χ3n) is 9.75. The largest absolute Gasteiger partial charge is 0.311 e. The lowest BCUT2D eigenvalue weighted by molar-refractivity contribution is 1.22. The molecule has 55 heavy (non-hydrogen) atoms. The quantitative estimate of drug-likeness (QED) is 0.121. The summed E-state index contributed by atoms with van der Waals surface area (Å²) in [4.78, 5) is 2.32. The van der Waals surface area contributed by atoms with E-state index in [2.05, 4.69) is 235 Å². The van der Waals surface area contributed by atoms with Gasteiger partial charge >= 0.3 is 0 Å². The van der Waals surface area contributed by atoms with Gasteiger partial charge in [-0.15, -0.1) is 0 Å². The van der Waals surface area contributed by atoms with Gasteiger partial charge in [0.2, 0.25) is 0 Å². The normalized spacial score (nSPS) is 11.4. The fraction of sp³-hybridized carbons (Fsp3) is 0. The molecule has 0 fully saturated rings. The van der Waals surface area contributed by atoms with Crippen molar-refractivity contribution in [2.24, 2.45) is 0 Å². The Balaban J connectivity index is 1.38. The number of hydrogen-bond donors (Lipinski definition) is 0. The molecule has 0 atom stereocenters. The lowest BCUT2D eigenvalue weighted by Gasteiger charge is -2.29. The molecule has 0 saturated carbocycles. The molecule has 0 aliphatic heterocycles. The van der Waals surface area contributed by atoms with E-state index < -0.39 is 0 Å². The molecule has 262 valence electrons. The van der Waals surface area contributed by atoms with Crippen molar-refractivity contribution in [1.82, 2.24) is 0 Å². The number of nitrogens with zero attached hydrogens (tertiary/aromatic N) is 1. The zero-order valence-corrected chi connectivity index (χ0v) is 30.7. The molecular formula is C54H41N. The van der Waals surface area contributed by atoms with Crippen LogP contribution < -0.4 is 4.90 Å². The number of anilines is 2. The van der Waals surface area contributed by atoms with Crippen molar-refractivity contribution >= 4 is 23.0 Å². The molecule has 0 aromatic heterocycles. The Bertz CT molecular complexity index is 2310. The third kappa shape index (κ3) is 8.38. The molecule has 0 bridgehead atoms. The van der Waals surface area contributed by atoms with E-state index in [0.717, 1.165) is 78.3 Å². The van der Waals surface area contributed by atoms with E-state index in [4.69, 9.17) is 6.58 Å². The Kier molecular flexibility index (Phi) is 10.5. The number of rotatable bonds is 11. The first-order valence-corrected chi connectivity index (χ1v) is 18.7. The lowest BCUT2D eigenvalue weighted by atomic mass is 9.95. The SMILES string of the molecule is C=C(/C=C(\C=C\c1ccccc1)c1ccccc1)N(c1cc(-c2ccccc2)cc(-c2ccccc2)c1)c1cc(-c2ccccc2)cc(-c2ccccc2)c1.